The number of nitrogens with two attached hydrogens (primary N) is 1. The Morgan fingerprint density at radius 3 is 2.50 bits per heavy atom. The summed E-state index contributed by atoms with van der Waals surface area (Å²) in [5.74, 6) is -2.64. The van der Waals surface area contributed by atoms with Crippen LogP contribution in [0.4, 0.5) is 0 Å². The molecule has 6 N–H and O–H groups in total. The van der Waals surface area contributed by atoms with Gasteiger partial charge in [-0.05, 0) is 18.6 Å². The van der Waals surface area contributed by atoms with Crippen LogP contribution in [0.3, 0.4) is 0 Å². The lowest BCUT2D eigenvalue weighted by molar-refractivity contribution is -0.125. The number of primary amides is 1. The SMILES string of the molecule is Cc1ccc(C(=O)NCC(O)C(N)=O)c(O)c1O. The molecule has 0 aliphatic heterocycles. The van der Waals surface area contributed by atoms with Crippen LogP contribution in [0.2, 0.25) is 0 Å². The van der Waals surface area contributed by atoms with Gasteiger partial charge in [0.2, 0.25) is 5.91 Å². The van der Waals surface area contributed by atoms with E-state index in [2.05, 4.69) is 5.32 Å². The number of nitrogens with one attached hydrogen (secondary N) is 1. The van der Waals surface area contributed by atoms with Gasteiger partial charge in [-0.15, -0.1) is 0 Å². The standard InChI is InChI=1S/C11H14N2O5/c1-5-2-3-6(9(16)8(5)15)11(18)13-4-7(14)10(12)17/h2-3,7,14-16H,4H2,1H3,(H2,12,17)(H,13,18). The van der Waals surface area contributed by atoms with Gasteiger partial charge in [0.25, 0.3) is 5.91 Å². The summed E-state index contributed by atoms with van der Waals surface area (Å²) in [6.07, 6.45) is -1.50. The summed E-state index contributed by atoms with van der Waals surface area (Å²) in [6, 6.07) is 2.77. The Balaban J connectivity index is 2.80. The quantitative estimate of drug-likeness (QED) is 0.439. The number of carbonyl (C=O) groups excluding carboxylic acids is 2. The average molecular weight is 254 g/mol. The first-order chi connectivity index (χ1) is 8.34. The molecule has 0 spiro atoms. The van der Waals surface area contributed by atoms with Gasteiger partial charge in [-0.2, -0.15) is 0 Å². The second-order valence-electron chi connectivity index (χ2n) is 3.76. The molecule has 0 fully saturated rings. The lowest BCUT2D eigenvalue weighted by Crippen LogP contribution is -2.39. The van der Waals surface area contributed by atoms with E-state index in [1.807, 2.05) is 0 Å². The van der Waals surface area contributed by atoms with E-state index >= 15 is 0 Å². The molecule has 18 heavy (non-hydrogen) atoms. The summed E-state index contributed by atoms with van der Waals surface area (Å²) in [6.45, 7) is 1.19. The van der Waals surface area contributed by atoms with Crippen LogP contribution in [0.1, 0.15) is 15.9 Å². The van der Waals surface area contributed by atoms with E-state index in [0.717, 1.165) is 0 Å². The molecule has 0 bridgehead atoms. The van der Waals surface area contributed by atoms with Crippen molar-refractivity contribution in [3.8, 4) is 11.5 Å². The van der Waals surface area contributed by atoms with E-state index in [1.165, 1.54) is 12.1 Å². The third-order valence-electron chi connectivity index (χ3n) is 2.38. The molecule has 0 saturated heterocycles. The second-order valence-corrected chi connectivity index (χ2v) is 3.76. The van der Waals surface area contributed by atoms with Crippen molar-refractivity contribution in [2.24, 2.45) is 5.73 Å². The Morgan fingerprint density at radius 1 is 1.33 bits per heavy atom. The van der Waals surface area contributed by atoms with Gasteiger partial charge in [0, 0.05) is 0 Å². The molecule has 7 nitrogen and oxygen atoms in total. The minimum Gasteiger partial charge on any atom is -0.504 e. The Kier molecular flexibility index (Phi) is 4.11. The van der Waals surface area contributed by atoms with E-state index in [0.29, 0.717) is 5.56 Å². The summed E-state index contributed by atoms with van der Waals surface area (Å²) in [5, 5.41) is 30.3. The van der Waals surface area contributed by atoms with Crippen LogP contribution >= 0.6 is 0 Å². The number of benzene rings is 1. The van der Waals surface area contributed by atoms with Crippen molar-refractivity contribution in [2.45, 2.75) is 13.0 Å². The van der Waals surface area contributed by atoms with Gasteiger partial charge in [-0.25, -0.2) is 0 Å². The van der Waals surface area contributed by atoms with Crippen molar-refractivity contribution in [1.29, 1.82) is 0 Å². The molecule has 7 heteroatoms. The summed E-state index contributed by atoms with van der Waals surface area (Å²) in [7, 11) is 0. The van der Waals surface area contributed by atoms with Crippen LogP contribution in [0.15, 0.2) is 12.1 Å². The number of aliphatic hydroxyl groups is 1. The minimum absolute atomic E-state index is 0.158. The maximum absolute atomic E-state index is 11.6. The predicted molar refractivity (Wildman–Crippen MR) is 62.0 cm³/mol. The van der Waals surface area contributed by atoms with E-state index < -0.39 is 29.4 Å². The van der Waals surface area contributed by atoms with Crippen LogP contribution in [0.25, 0.3) is 0 Å². The van der Waals surface area contributed by atoms with Crippen LogP contribution in [-0.4, -0.2) is 39.8 Å². The third kappa shape index (κ3) is 2.89. The molecule has 0 aromatic heterocycles. The summed E-state index contributed by atoms with van der Waals surface area (Å²) >= 11 is 0. The summed E-state index contributed by atoms with van der Waals surface area (Å²) in [5.41, 5.74) is 5.07. The first kappa shape index (κ1) is 13.8. The highest BCUT2D eigenvalue weighted by atomic mass is 16.3. The van der Waals surface area contributed by atoms with Gasteiger partial charge in [0.1, 0.15) is 6.10 Å². The zero-order valence-corrected chi connectivity index (χ0v) is 9.67. The molecule has 0 saturated carbocycles. The molecule has 0 aliphatic carbocycles. The van der Waals surface area contributed by atoms with Crippen LogP contribution in [0.5, 0.6) is 11.5 Å². The van der Waals surface area contributed by atoms with E-state index in [-0.39, 0.29) is 12.1 Å². The van der Waals surface area contributed by atoms with Gasteiger partial charge >= 0.3 is 0 Å². The number of amides is 2. The third-order valence-corrected chi connectivity index (χ3v) is 2.38. The largest absolute Gasteiger partial charge is 0.504 e. The number of aliphatic hydroxyl groups excluding tert-OH is 1. The number of aromatic hydroxyl groups is 2. The monoisotopic (exact) mass is 254 g/mol. The average Bonchev–Trinajstić information content (AvgIpc) is 2.32. The number of hydrogen-bond acceptors (Lipinski definition) is 5. The van der Waals surface area contributed by atoms with Crippen molar-refractivity contribution in [3.63, 3.8) is 0 Å². The summed E-state index contributed by atoms with van der Waals surface area (Å²) < 4.78 is 0. The predicted octanol–water partition coefficient (Wildman–Crippen LogP) is -1.02. The Hall–Kier alpha value is -2.28. The maximum Gasteiger partial charge on any atom is 0.255 e. The van der Waals surface area contributed by atoms with E-state index in [9.17, 15) is 19.8 Å². The smallest absolute Gasteiger partial charge is 0.255 e. The molecule has 1 aromatic carbocycles. The fraction of sp³-hybridized carbons (Fsp3) is 0.273. The number of aryl methyl sites for hydroxylation is 1. The van der Waals surface area contributed by atoms with Crippen molar-refractivity contribution < 1.29 is 24.9 Å². The van der Waals surface area contributed by atoms with Crippen LogP contribution in [-0.2, 0) is 4.79 Å². The van der Waals surface area contributed by atoms with Gasteiger partial charge in [-0.1, -0.05) is 6.07 Å². The first-order valence-corrected chi connectivity index (χ1v) is 5.11. The topological polar surface area (TPSA) is 133 Å². The van der Waals surface area contributed by atoms with Crippen molar-refractivity contribution in [1.82, 2.24) is 5.32 Å². The molecule has 0 aliphatic rings. The number of hydrogen-bond donors (Lipinski definition) is 5. The number of phenols is 2. The van der Waals surface area contributed by atoms with Gasteiger partial charge < -0.3 is 26.4 Å². The van der Waals surface area contributed by atoms with Gasteiger partial charge in [-0.3, -0.25) is 9.59 Å². The Labute approximate surface area is 103 Å². The van der Waals surface area contributed by atoms with Gasteiger partial charge in [0.05, 0.1) is 12.1 Å². The van der Waals surface area contributed by atoms with E-state index in [4.69, 9.17) is 10.8 Å². The summed E-state index contributed by atoms with van der Waals surface area (Å²) in [4.78, 5) is 22.2. The zero-order valence-electron chi connectivity index (χ0n) is 9.67. The zero-order chi connectivity index (χ0) is 13.9. The lowest BCUT2D eigenvalue weighted by atomic mass is 10.1. The van der Waals surface area contributed by atoms with Crippen LogP contribution < -0.4 is 11.1 Å². The molecule has 98 valence electrons. The molecular weight excluding hydrogens is 240 g/mol. The Morgan fingerprint density at radius 2 is 1.94 bits per heavy atom. The minimum atomic E-state index is -1.50. The normalized spacial score (nSPS) is 11.9. The molecule has 1 unspecified atom stereocenters. The molecular formula is C11H14N2O5. The number of carbonyl (C=O) groups is 2. The first-order valence-electron chi connectivity index (χ1n) is 5.11. The maximum atomic E-state index is 11.6. The van der Waals surface area contributed by atoms with Crippen LogP contribution in [0, 0.1) is 6.92 Å². The fourth-order valence-electron chi connectivity index (χ4n) is 1.25. The molecule has 1 aromatic rings. The molecule has 1 atom stereocenters. The molecule has 1 rings (SSSR count). The lowest BCUT2D eigenvalue weighted by Gasteiger charge is -2.10. The number of rotatable bonds is 4. The van der Waals surface area contributed by atoms with E-state index in [1.54, 1.807) is 6.92 Å². The Bertz CT molecular complexity index is 487. The molecule has 0 heterocycles. The van der Waals surface area contributed by atoms with Crippen molar-refractivity contribution in [3.05, 3.63) is 23.3 Å². The fourth-order valence-corrected chi connectivity index (χ4v) is 1.25. The van der Waals surface area contributed by atoms with Crippen molar-refractivity contribution >= 4 is 11.8 Å². The highest BCUT2D eigenvalue weighted by Gasteiger charge is 2.18. The van der Waals surface area contributed by atoms with Gasteiger partial charge in [0.15, 0.2) is 11.5 Å². The highest BCUT2D eigenvalue weighted by Crippen LogP contribution is 2.31. The number of phenolic OH excluding ortho intramolecular Hbond substituents is 2. The van der Waals surface area contributed by atoms with Crippen molar-refractivity contribution in [2.75, 3.05) is 6.54 Å². The second kappa shape index (κ2) is 5.37. The molecule has 0 radical (unpaired) electrons. The molecule has 2 amide bonds. The highest BCUT2D eigenvalue weighted by molar-refractivity contribution is 5.98.